The van der Waals surface area contributed by atoms with Crippen molar-refractivity contribution >= 4 is 39.0 Å². The Morgan fingerprint density at radius 2 is 2.24 bits per heavy atom. The zero-order valence-corrected chi connectivity index (χ0v) is 11.2. The fraction of sp³-hybridized carbons (Fsp3) is 0.357. The molecule has 0 N–H and O–H groups in total. The van der Waals surface area contributed by atoms with E-state index in [0.717, 1.165) is 12.2 Å². The lowest BCUT2D eigenvalue weighted by Gasteiger charge is -2.06. The maximum absolute atomic E-state index is 12.1. The van der Waals surface area contributed by atoms with Crippen molar-refractivity contribution in [2.24, 2.45) is 0 Å². The molecule has 2 heterocycles. The second kappa shape index (κ2) is 4.83. The van der Waals surface area contributed by atoms with Crippen LogP contribution in [0.15, 0.2) is 29.6 Å². The zero-order chi connectivity index (χ0) is 11.7. The summed E-state index contributed by atoms with van der Waals surface area (Å²) in [5.41, 5.74) is 1.21. The molecule has 0 spiro atoms. The number of hydrogen-bond acceptors (Lipinski definition) is 3. The van der Waals surface area contributed by atoms with E-state index in [9.17, 15) is 4.79 Å². The highest BCUT2D eigenvalue weighted by atomic mass is 32.2. The predicted molar refractivity (Wildman–Crippen MR) is 76.0 cm³/mol. The molecule has 2 aromatic rings. The first kappa shape index (κ1) is 11.3. The molecule has 17 heavy (non-hydrogen) atoms. The van der Waals surface area contributed by atoms with Gasteiger partial charge in [-0.3, -0.25) is 4.79 Å². The van der Waals surface area contributed by atoms with Crippen LogP contribution < -0.4 is 0 Å². The summed E-state index contributed by atoms with van der Waals surface area (Å²) in [5, 5.41) is 3.66. The highest BCUT2D eigenvalue weighted by Gasteiger charge is 2.23. The zero-order valence-electron chi connectivity index (χ0n) is 9.52. The largest absolute Gasteiger partial charge is 0.298 e. The Hall–Kier alpha value is -0.800. The van der Waals surface area contributed by atoms with Crippen molar-refractivity contribution in [1.29, 1.82) is 0 Å². The first-order valence-electron chi connectivity index (χ1n) is 5.94. The smallest absolute Gasteiger partial charge is 0.150 e. The van der Waals surface area contributed by atoms with E-state index in [0.29, 0.717) is 12.2 Å². The Bertz CT molecular complexity index is 538. The quantitative estimate of drug-likeness (QED) is 0.834. The van der Waals surface area contributed by atoms with Crippen LogP contribution >= 0.6 is 23.1 Å². The van der Waals surface area contributed by atoms with Gasteiger partial charge in [0.25, 0.3) is 0 Å². The van der Waals surface area contributed by atoms with Gasteiger partial charge in [0.2, 0.25) is 0 Å². The van der Waals surface area contributed by atoms with Crippen molar-refractivity contribution in [3.8, 4) is 0 Å². The van der Waals surface area contributed by atoms with E-state index in [1.54, 1.807) is 11.3 Å². The standard InChI is InChI=1S/C14H14OS2/c15-12(14-6-3-7-16-14)8-10-9-17-13-5-2-1-4-11(10)13/h1-2,4-5,9,14H,3,6-8H2. The molecule has 1 aliphatic heterocycles. The van der Waals surface area contributed by atoms with Crippen LogP contribution in [0.1, 0.15) is 18.4 Å². The number of carbonyl (C=O) groups is 1. The maximum atomic E-state index is 12.1. The molecule has 1 atom stereocenters. The van der Waals surface area contributed by atoms with Crippen molar-refractivity contribution in [1.82, 2.24) is 0 Å². The fourth-order valence-electron chi connectivity index (χ4n) is 2.30. The number of rotatable bonds is 3. The van der Waals surface area contributed by atoms with E-state index in [1.807, 2.05) is 17.8 Å². The van der Waals surface area contributed by atoms with Gasteiger partial charge < -0.3 is 0 Å². The van der Waals surface area contributed by atoms with E-state index in [-0.39, 0.29) is 5.25 Å². The third-order valence-corrected chi connectivity index (χ3v) is 5.65. The number of thiophene rings is 1. The third-order valence-electron chi connectivity index (χ3n) is 3.21. The van der Waals surface area contributed by atoms with Gasteiger partial charge in [0.05, 0.1) is 5.25 Å². The number of carbonyl (C=O) groups excluding carboxylic acids is 1. The van der Waals surface area contributed by atoms with E-state index in [1.165, 1.54) is 22.1 Å². The van der Waals surface area contributed by atoms with Gasteiger partial charge >= 0.3 is 0 Å². The second-order valence-corrected chi connectivity index (χ2v) is 6.62. The van der Waals surface area contributed by atoms with Crippen LogP contribution in [0.4, 0.5) is 0 Å². The van der Waals surface area contributed by atoms with Crippen molar-refractivity contribution < 1.29 is 4.79 Å². The molecule has 1 nitrogen and oxygen atoms in total. The van der Waals surface area contributed by atoms with Gasteiger partial charge in [0, 0.05) is 11.1 Å². The lowest BCUT2D eigenvalue weighted by Crippen LogP contribution is -2.16. The minimum Gasteiger partial charge on any atom is -0.298 e. The molecule has 0 aliphatic carbocycles. The highest BCUT2D eigenvalue weighted by molar-refractivity contribution is 8.00. The molecule has 3 rings (SSSR count). The van der Waals surface area contributed by atoms with E-state index in [4.69, 9.17) is 0 Å². The molecule has 88 valence electrons. The molecule has 3 heteroatoms. The van der Waals surface area contributed by atoms with Crippen LogP contribution in [0.2, 0.25) is 0 Å². The summed E-state index contributed by atoms with van der Waals surface area (Å²) < 4.78 is 1.29. The normalized spacial score (nSPS) is 19.9. The summed E-state index contributed by atoms with van der Waals surface area (Å²) >= 11 is 3.57. The third kappa shape index (κ3) is 2.26. The topological polar surface area (TPSA) is 17.1 Å². The monoisotopic (exact) mass is 262 g/mol. The van der Waals surface area contributed by atoms with Crippen molar-refractivity contribution in [3.63, 3.8) is 0 Å². The first-order valence-corrected chi connectivity index (χ1v) is 7.87. The molecule has 1 unspecified atom stereocenters. The van der Waals surface area contributed by atoms with Gasteiger partial charge in [-0.05, 0) is 41.0 Å². The van der Waals surface area contributed by atoms with E-state index >= 15 is 0 Å². The maximum Gasteiger partial charge on any atom is 0.150 e. The summed E-state index contributed by atoms with van der Waals surface area (Å²) in [6.45, 7) is 0. The first-order chi connectivity index (χ1) is 8.34. The van der Waals surface area contributed by atoms with Crippen LogP contribution in [0.3, 0.4) is 0 Å². The van der Waals surface area contributed by atoms with Gasteiger partial charge in [-0.1, -0.05) is 18.2 Å². The van der Waals surface area contributed by atoms with Crippen molar-refractivity contribution in [2.45, 2.75) is 24.5 Å². The summed E-state index contributed by atoms with van der Waals surface area (Å²) in [6, 6.07) is 8.35. The molecule has 0 bridgehead atoms. The molecule has 1 aliphatic rings. The Morgan fingerprint density at radius 3 is 3.06 bits per heavy atom. The molecule has 0 amide bonds. The van der Waals surface area contributed by atoms with Gasteiger partial charge in [0.1, 0.15) is 5.78 Å². The molecule has 1 fully saturated rings. The molecule has 1 aromatic carbocycles. The van der Waals surface area contributed by atoms with E-state index in [2.05, 4.69) is 23.6 Å². The molecular weight excluding hydrogens is 248 g/mol. The summed E-state index contributed by atoms with van der Waals surface area (Å²) in [7, 11) is 0. The number of fused-ring (bicyclic) bond motifs is 1. The minimum absolute atomic E-state index is 0.258. The van der Waals surface area contributed by atoms with Crippen LogP contribution in [0.25, 0.3) is 10.1 Å². The number of hydrogen-bond donors (Lipinski definition) is 0. The molecular formula is C14H14OS2. The number of Topliss-reactive ketones (excluding diaryl/α,β-unsaturated/α-hetero) is 1. The van der Waals surface area contributed by atoms with Crippen molar-refractivity contribution in [2.75, 3.05) is 5.75 Å². The predicted octanol–water partition coefficient (Wildman–Crippen LogP) is 3.91. The second-order valence-electron chi connectivity index (χ2n) is 4.40. The average molecular weight is 262 g/mol. The highest BCUT2D eigenvalue weighted by Crippen LogP contribution is 2.30. The SMILES string of the molecule is O=C(Cc1csc2ccccc12)C1CCCS1. The van der Waals surface area contributed by atoms with Gasteiger partial charge in [-0.2, -0.15) is 11.8 Å². The lowest BCUT2D eigenvalue weighted by atomic mass is 10.0. The lowest BCUT2D eigenvalue weighted by molar-refractivity contribution is -0.117. The number of ketones is 1. The average Bonchev–Trinajstić information content (AvgIpc) is 2.98. The van der Waals surface area contributed by atoms with Gasteiger partial charge in [0.15, 0.2) is 0 Å². The van der Waals surface area contributed by atoms with Crippen LogP contribution in [-0.2, 0) is 11.2 Å². The Balaban J connectivity index is 1.82. The Labute approximate surface area is 109 Å². The summed E-state index contributed by atoms with van der Waals surface area (Å²) in [5.74, 6) is 1.57. The Morgan fingerprint density at radius 1 is 1.35 bits per heavy atom. The van der Waals surface area contributed by atoms with Gasteiger partial charge in [-0.15, -0.1) is 11.3 Å². The summed E-state index contributed by atoms with van der Waals surface area (Å²) in [6.07, 6.45) is 2.89. The summed E-state index contributed by atoms with van der Waals surface area (Å²) in [4.78, 5) is 12.1. The van der Waals surface area contributed by atoms with Crippen LogP contribution in [0, 0.1) is 0 Å². The minimum atomic E-state index is 0.258. The van der Waals surface area contributed by atoms with Crippen LogP contribution in [0.5, 0.6) is 0 Å². The van der Waals surface area contributed by atoms with Crippen LogP contribution in [-0.4, -0.2) is 16.8 Å². The molecule has 0 saturated carbocycles. The Kier molecular flexibility index (Phi) is 3.21. The number of benzene rings is 1. The van der Waals surface area contributed by atoms with E-state index < -0.39 is 0 Å². The molecule has 0 radical (unpaired) electrons. The molecule has 1 saturated heterocycles. The van der Waals surface area contributed by atoms with Gasteiger partial charge in [-0.25, -0.2) is 0 Å². The van der Waals surface area contributed by atoms with Crippen molar-refractivity contribution in [3.05, 3.63) is 35.2 Å². The number of thioether (sulfide) groups is 1. The molecule has 1 aromatic heterocycles. The fourth-order valence-corrected chi connectivity index (χ4v) is 4.49.